The topological polar surface area (TPSA) is 34.9 Å². The highest BCUT2D eigenvalue weighted by Gasteiger charge is 1.96. The van der Waals surface area contributed by atoms with Crippen LogP contribution in [0, 0.1) is 3.57 Å². The molecule has 0 aromatic carbocycles. The molecule has 0 aliphatic heterocycles. The molecule has 0 fully saturated rings. The summed E-state index contributed by atoms with van der Waals surface area (Å²) in [5.41, 5.74) is -0.0106. The van der Waals surface area contributed by atoms with Crippen LogP contribution in [0.5, 0.6) is 0 Å². The van der Waals surface area contributed by atoms with Crippen LogP contribution in [0.2, 0.25) is 0 Å². The van der Waals surface area contributed by atoms with E-state index in [-0.39, 0.29) is 5.56 Å². The van der Waals surface area contributed by atoms with Crippen LogP contribution in [0.15, 0.2) is 17.1 Å². The molecule has 0 aliphatic carbocycles. The van der Waals surface area contributed by atoms with Gasteiger partial charge in [-0.25, -0.2) is 4.68 Å². The Morgan fingerprint density at radius 1 is 1.69 bits per heavy atom. The lowest BCUT2D eigenvalue weighted by Crippen LogP contribution is -2.23. The second-order valence-corrected chi connectivity index (χ2v) is 5.07. The van der Waals surface area contributed by atoms with Crippen molar-refractivity contribution >= 4 is 34.4 Å². The molecule has 0 spiro atoms. The number of aromatic nitrogens is 2. The van der Waals surface area contributed by atoms with Gasteiger partial charge >= 0.3 is 0 Å². The minimum atomic E-state index is -0.0106. The zero-order chi connectivity index (χ0) is 9.68. The van der Waals surface area contributed by atoms with E-state index in [1.165, 1.54) is 4.68 Å². The van der Waals surface area contributed by atoms with Crippen molar-refractivity contribution in [1.82, 2.24) is 9.78 Å². The molecule has 1 heterocycles. The summed E-state index contributed by atoms with van der Waals surface area (Å²) in [5.74, 6) is 2.03. The maximum atomic E-state index is 11.3. The molecular formula is C8H11IN2OS. The van der Waals surface area contributed by atoms with E-state index >= 15 is 0 Å². The predicted octanol–water partition coefficient (Wildman–Crippen LogP) is 1.60. The van der Waals surface area contributed by atoms with Gasteiger partial charge in [-0.05, 0) is 28.3 Å². The van der Waals surface area contributed by atoms with Gasteiger partial charge in [-0.1, -0.05) is 6.92 Å². The summed E-state index contributed by atoms with van der Waals surface area (Å²) >= 11 is 3.90. The Labute approximate surface area is 95.1 Å². The molecule has 0 saturated heterocycles. The lowest BCUT2D eigenvalue weighted by Gasteiger charge is -2.02. The molecule has 5 heteroatoms. The zero-order valence-corrected chi connectivity index (χ0v) is 10.3. The van der Waals surface area contributed by atoms with Crippen molar-refractivity contribution in [2.45, 2.75) is 13.5 Å². The van der Waals surface area contributed by atoms with E-state index < -0.39 is 0 Å². The van der Waals surface area contributed by atoms with Crippen molar-refractivity contribution in [3.05, 3.63) is 26.2 Å². The Bertz CT molecular complexity index is 326. The number of thioether (sulfide) groups is 1. The van der Waals surface area contributed by atoms with Gasteiger partial charge in [0.25, 0.3) is 5.56 Å². The van der Waals surface area contributed by atoms with Crippen molar-refractivity contribution in [2.24, 2.45) is 0 Å². The van der Waals surface area contributed by atoms with Crippen LogP contribution >= 0.6 is 34.4 Å². The highest BCUT2D eigenvalue weighted by Crippen LogP contribution is 1.99. The van der Waals surface area contributed by atoms with Gasteiger partial charge in [0.15, 0.2) is 0 Å². The van der Waals surface area contributed by atoms with Crippen LogP contribution in [-0.2, 0) is 6.54 Å². The van der Waals surface area contributed by atoms with E-state index in [1.807, 2.05) is 11.8 Å². The molecular weight excluding hydrogens is 299 g/mol. The van der Waals surface area contributed by atoms with Crippen LogP contribution in [0.1, 0.15) is 6.92 Å². The van der Waals surface area contributed by atoms with Crippen molar-refractivity contribution < 1.29 is 0 Å². The van der Waals surface area contributed by atoms with Crippen LogP contribution in [-0.4, -0.2) is 21.3 Å². The fraction of sp³-hybridized carbons (Fsp3) is 0.500. The van der Waals surface area contributed by atoms with Gasteiger partial charge in [0.2, 0.25) is 0 Å². The molecule has 1 aromatic heterocycles. The summed E-state index contributed by atoms with van der Waals surface area (Å²) in [6.07, 6.45) is 1.71. The molecule has 0 bridgehead atoms. The first-order valence-electron chi connectivity index (χ1n) is 4.04. The summed E-state index contributed by atoms with van der Waals surface area (Å²) in [5, 5.41) is 4.03. The molecule has 0 N–H and O–H groups in total. The molecule has 0 atom stereocenters. The molecule has 1 aromatic rings. The zero-order valence-electron chi connectivity index (χ0n) is 7.36. The Kier molecular flexibility index (Phi) is 4.79. The maximum Gasteiger partial charge on any atom is 0.267 e. The van der Waals surface area contributed by atoms with Gasteiger partial charge in [-0.2, -0.15) is 16.9 Å². The Balaban J connectivity index is 2.62. The van der Waals surface area contributed by atoms with Crippen LogP contribution in [0.25, 0.3) is 0 Å². The molecule has 0 radical (unpaired) electrons. The lowest BCUT2D eigenvalue weighted by molar-refractivity contribution is 0.619. The van der Waals surface area contributed by atoms with Crippen LogP contribution in [0.4, 0.5) is 0 Å². The Morgan fingerprint density at radius 3 is 3.08 bits per heavy atom. The van der Waals surface area contributed by atoms with E-state index in [0.717, 1.165) is 15.1 Å². The van der Waals surface area contributed by atoms with Crippen LogP contribution in [0.3, 0.4) is 0 Å². The first-order chi connectivity index (χ1) is 6.24. The number of aryl methyl sites for hydroxylation is 1. The van der Waals surface area contributed by atoms with Gasteiger partial charge in [0.1, 0.15) is 0 Å². The summed E-state index contributed by atoms with van der Waals surface area (Å²) in [6, 6.07) is 1.60. The Morgan fingerprint density at radius 2 is 2.46 bits per heavy atom. The van der Waals surface area contributed by atoms with Crippen molar-refractivity contribution in [1.29, 1.82) is 0 Å². The minimum Gasteiger partial charge on any atom is -0.268 e. The molecule has 1 rings (SSSR count). The molecule has 0 aliphatic rings. The first kappa shape index (κ1) is 11.0. The van der Waals surface area contributed by atoms with Gasteiger partial charge in [-0.3, -0.25) is 4.79 Å². The number of hydrogen-bond donors (Lipinski definition) is 0. The van der Waals surface area contributed by atoms with Crippen molar-refractivity contribution in [3.8, 4) is 0 Å². The van der Waals surface area contributed by atoms with E-state index in [9.17, 15) is 4.79 Å². The fourth-order valence-corrected chi connectivity index (χ4v) is 1.86. The summed E-state index contributed by atoms with van der Waals surface area (Å²) in [7, 11) is 0. The van der Waals surface area contributed by atoms with Gasteiger partial charge in [0.05, 0.1) is 12.7 Å². The standard InChI is InChI=1S/C8H11IN2OS/c1-2-13-4-3-11-8(12)5-7(9)6-10-11/h5-6H,2-4H2,1H3. The van der Waals surface area contributed by atoms with Gasteiger partial charge in [-0.15, -0.1) is 0 Å². The summed E-state index contributed by atoms with van der Waals surface area (Å²) in [4.78, 5) is 11.3. The van der Waals surface area contributed by atoms with Gasteiger partial charge in [0, 0.05) is 15.4 Å². The fourth-order valence-electron chi connectivity index (χ4n) is 0.875. The molecule has 0 unspecified atom stereocenters. The highest BCUT2D eigenvalue weighted by molar-refractivity contribution is 14.1. The molecule has 72 valence electrons. The monoisotopic (exact) mass is 310 g/mol. The minimum absolute atomic E-state index is 0.0106. The summed E-state index contributed by atoms with van der Waals surface area (Å²) in [6.45, 7) is 2.81. The van der Waals surface area contributed by atoms with E-state index in [2.05, 4.69) is 34.6 Å². The number of hydrogen-bond acceptors (Lipinski definition) is 3. The van der Waals surface area contributed by atoms with Gasteiger partial charge < -0.3 is 0 Å². The average molecular weight is 310 g/mol. The van der Waals surface area contributed by atoms with E-state index in [4.69, 9.17) is 0 Å². The third-order valence-corrected chi connectivity index (χ3v) is 2.96. The number of rotatable bonds is 4. The van der Waals surface area contributed by atoms with E-state index in [1.54, 1.807) is 12.3 Å². The SMILES string of the molecule is CCSCCn1ncc(I)cc1=O. The lowest BCUT2D eigenvalue weighted by atomic mass is 10.6. The smallest absolute Gasteiger partial charge is 0.267 e. The van der Waals surface area contributed by atoms with Crippen LogP contribution < -0.4 is 5.56 Å². The second kappa shape index (κ2) is 5.64. The predicted molar refractivity (Wildman–Crippen MR) is 64.2 cm³/mol. The normalized spacial score (nSPS) is 10.3. The quantitative estimate of drug-likeness (QED) is 0.626. The third-order valence-electron chi connectivity index (χ3n) is 1.49. The highest BCUT2D eigenvalue weighted by atomic mass is 127. The van der Waals surface area contributed by atoms with E-state index in [0.29, 0.717) is 6.54 Å². The molecule has 0 amide bonds. The second-order valence-electron chi connectivity index (χ2n) is 2.43. The molecule has 0 saturated carbocycles. The van der Waals surface area contributed by atoms with Crippen molar-refractivity contribution in [2.75, 3.05) is 11.5 Å². The largest absolute Gasteiger partial charge is 0.268 e. The third kappa shape index (κ3) is 3.68. The maximum absolute atomic E-state index is 11.3. The average Bonchev–Trinajstić information content (AvgIpc) is 2.09. The molecule has 3 nitrogen and oxygen atoms in total. The summed E-state index contributed by atoms with van der Waals surface area (Å²) < 4.78 is 2.40. The first-order valence-corrected chi connectivity index (χ1v) is 6.28. The Hall–Kier alpha value is -0.0400. The number of halogens is 1. The number of nitrogens with zero attached hydrogens (tertiary/aromatic N) is 2. The molecule has 13 heavy (non-hydrogen) atoms. The van der Waals surface area contributed by atoms with Crippen molar-refractivity contribution in [3.63, 3.8) is 0 Å².